The lowest BCUT2D eigenvalue weighted by Crippen LogP contribution is -2.31. The lowest BCUT2D eigenvalue weighted by Gasteiger charge is -2.16. The lowest BCUT2D eigenvalue weighted by atomic mass is 10.1. The van der Waals surface area contributed by atoms with Crippen LogP contribution in [0.25, 0.3) is 0 Å². The Kier molecular flexibility index (Phi) is 4.86. The molecule has 21 heavy (non-hydrogen) atoms. The third kappa shape index (κ3) is 4.23. The van der Waals surface area contributed by atoms with Crippen molar-refractivity contribution in [2.24, 2.45) is 0 Å². The van der Waals surface area contributed by atoms with Crippen LogP contribution in [0.2, 0.25) is 5.02 Å². The smallest absolute Gasteiger partial charge is 0.246 e. The molecule has 2 aromatic carbocycles. The first-order chi connectivity index (χ1) is 9.95. The standard InChI is InChI=1S/C17H19ClN2O/c1-11-4-7-16(10-12(11)2)19-13(3)17(21)20-15-8-5-14(18)6-9-15/h4-10,13,19H,1-3H3,(H,20,21)/t13-/m0/s1. The molecule has 4 heteroatoms. The Morgan fingerprint density at radius 2 is 1.62 bits per heavy atom. The maximum Gasteiger partial charge on any atom is 0.246 e. The zero-order chi connectivity index (χ0) is 15.4. The van der Waals surface area contributed by atoms with Crippen LogP contribution in [0.4, 0.5) is 11.4 Å². The minimum absolute atomic E-state index is 0.0875. The van der Waals surface area contributed by atoms with E-state index in [0.29, 0.717) is 5.02 Å². The normalized spacial score (nSPS) is 11.8. The van der Waals surface area contributed by atoms with Crippen molar-refractivity contribution in [2.45, 2.75) is 26.8 Å². The van der Waals surface area contributed by atoms with Crippen molar-refractivity contribution in [1.82, 2.24) is 0 Å². The third-order valence-corrected chi connectivity index (χ3v) is 3.65. The van der Waals surface area contributed by atoms with E-state index >= 15 is 0 Å². The van der Waals surface area contributed by atoms with Crippen molar-refractivity contribution in [1.29, 1.82) is 0 Å². The Bertz CT molecular complexity index is 638. The summed E-state index contributed by atoms with van der Waals surface area (Å²) in [5.41, 5.74) is 4.11. The predicted molar refractivity (Wildman–Crippen MR) is 89.1 cm³/mol. The van der Waals surface area contributed by atoms with Gasteiger partial charge in [-0.05, 0) is 68.3 Å². The lowest BCUT2D eigenvalue weighted by molar-refractivity contribution is -0.116. The quantitative estimate of drug-likeness (QED) is 0.879. The monoisotopic (exact) mass is 302 g/mol. The molecule has 0 heterocycles. The molecule has 0 radical (unpaired) electrons. The molecule has 2 rings (SSSR count). The fourth-order valence-electron chi connectivity index (χ4n) is 1.93. The van der Waals surface area contributed by atoms with Gasteiger partial charge in [0.2, 0.25) is 5.91 Å². The van der Waals surface area contributed by atoms with Gasteiger partial charge in [-0.15, -0.1) is 0 Å². The maximum atomic E-state index is 12.1. The summed E-state index contributed by atoms with van der Waals surface area (Å²) in [6.07, 6.45) is 0. The molecule has 1 atom stereocenters. The van der Waals surface area contributed by atoms with E-state index in [4.69, 9.17) is 11.6 Å². The van der Waals surface area contributed by atoms with Crippen LogP contribution in [0.15, 0.2) is 42.5 Å². The summed E-state index contributed by atoms with van der Waals surface area (Å²) in [5.74, 6) is -0.0875. The summed E-state index contributed by atoms with van der Waals surface area (Å²) in [5, 5.41) is 6.71. The van der Waals surface area contributed by atoms with E-state index in [9.17, 15) is 4.79 Å². The number of rotatable bonds is 4. The molecule has 0 aromatic heterocycles. The average Bonchev–Trinajstić information content (AvgIpc) is 2.45. The maximum absolute atomic E-state index is 12.1. The predicted octanol–water partition coefficient (Wildman–Crippen LogP) is 4.40. The van der Waals surface area contributed by atoms with Gasteiger partial charge in [-0.2, -0.15) is 0 Å². The van der Waals surface area contributed by atoms with E-state index in [2.05, 4.69) is 24.5 Å². The number of aryl methyl sites for hydroxylation is 2. The van der Waals surface area contributed by atoms with Crippen molar-refractivity contribution >= 4 is 28.9 Å². The van der Waals surface area contributed by atoms with Crippen molar-refractivity contribution in [2.75, 3.05) is 10.6 Å². The summed E-state index contributed by atoms with van der Waals surface area (Å²) < 4.78 is 0. The molecular weight excluding hydrogens is 284 g/mol. The number of benzene rings is 2. The molecule has 0 aliphatic heterocycles. The number of amides is 1. The molecule has 110 valence electrons. The van der Waals surface area contributed by atoms with E-state index in [-0.39, 0.29) is 11.9 Å². The number of carbonyl (C=O) groups excluding carboxylic acids is 1. The summed E-state index contributed by atoms with van der Waals surface area (Å²) in [7, 11) is 0. The summed E-state index contributed by atoms with van der Waals surface area (Å²) in [6, 6.07) is 12.8. The van der Waals surface area contributed by atoms with E-state index in [1.807, 2.05) is 25.1 Å². The summed E-state index contributed by atoms with van der Waals surface area (Å²) in [4.78, 5) is 12.1. The van der Waals surface area contributed by atoms with Crippen molar-refractivity contribution < 1.29 is 4.79 Å². The van der Waals surface area contributed by atoms with Gasteiger partial charge >= 0.3 is 0 Å². The zero-order valence-electron chi connectivity index (χ0n) is 12.4. The fraction of sp³-hybridized carbons (Fsp3) is 0.235. The molecule has 0 aliphatic rings. The molecule has 0 unspecified atom stereocenters. The second-order valence-electron chi connectivity index (χ2n) is 5.16. The molecule has 0 aliphatic carbocycles. The van der Waals surface area contributed by atoms with Gasteiger partial charge in [-0.3, -0.25) is 4.79 Å². The van der Waals surface area contributed by atoms with Gasteiger partial charge in [0.05, 0.1) is 0 Å². The van der Waals surface area contributed by atoms with Crippen molar-refractivity contribution in [3.8, 4) is 0 Å². The van der Waals surface area contributed by atoms with Gasteiger partial charge in [-0.25, -0.2) is 0 Å². The number of halogens is 1. The number of hydrogen-bond acceptors (Lipinski definition) is 2. The molecule has 3 nitrogen and oxygen atoms in total. The molecule has 0 saturated carbocycles. The van der Waals surface area contributed by atoms with Crippen LogP contribution in [0, 0.1) is 13.8 Å². The molecule has 2 N–H and O–H groups in total. The number of hydrogen-bond donors (Lipinski definition) is 2. The molecule has 0 spiro atoms. The highest BCUT2D eigenvalue weighted by molar-refractivity contribution is 6.30. The first kappa shape index (κ1) is 15.4. The first-order valence-corrected chi connectivity index (χ1v) is 7.24. The molecule has 1 amide bonds. The van der Waals surface area contributed by atoms with Gasteiger partial charge in [0.25, 0.3) is 0 Å². The van der Waals surface area contributed by atoms with Crippen molar-refractivity contribution in [3.63, 3.8) is 0 Å². The van der Waals surface area contributed by atoms with Crippen molar-refractivity contribution in [3.05, 3.63) is 58.6 Å². The topological polar surface area (TPSA) is 41.1 Å². The van der Waals surface area contributed by atoms with Gasteiger partial charge in [-0.1, -0.05) is 17.7 Å². The Morgan fingerprint density at radius 1 is 1.00 bits per heavy atom. The van der Waals surface area contributed by atoms with Gasteiger partial charge in [0, 0.05) is 16.4 Å². The minimum atomic E-state index is -0.331. The highest BCUT2D eigenvalue weighted by atomic mass is 35.5. The highest BCUT2D eigenvalue weighted by Crippen LogP contribution is 2.16. The van der Waals surface area contributed by atoms with Crippen LogP contribution in [0.3, 0.4) is 0 Å². The highest BCUT2D eigenvalue weighted by Gasteiger charge is 2.13. The first-order valence-electron chi connectivity index (χ1n) is 6.86. The fourth-order valence-corrected chi connectivity index (χ4v) is 2.06. The zero-order valence-corrected chi connectivity index (χ0v) is 13.2. The van der Waals surface area contributed by atoms with Gasteiger partial charge < -0.3 is 10.6 Å². The molecule has 0 saturated heterocycles. The minimum Gasteiger partial charge on any atom is -0.374 e. The second kappa shape index (κ2) is 6.64. The Labute approximate surface area is 130 Å². The van der Waals surface area contributed by atoms with Gasteiger partial charge in [0.1, 0.15) is 6.04 Å². The van der Waals surface area contributed by atoms with Crippen LogP contribution in [-0.4, -0.2) is 11.9 Å². The van der Waals surface area contributed by atoms with E-state index in [1.54, 1.807) is 24.3 Å². The Balaban J connectivity index is 1.98. The van der Waals surface area contributed by atoms with E-state index < -0.39 is 0 Å². The number of nitrogens with one attached hydrogen (secondary N) is 2. The Morgan fingerprint density at radius 3 is 2.24 bits per heavy atom. The van der Waals surface area contributed by atoms with Crippen LogP contribution in [0.5, 0.6) is 0 Å². The number of carbonyl (C=O) groups is 1. The summed E-state index contributed by atoms with van der Waals surface area (Å²) in [6.45, 7) is 5.95. The SMILES string of the molecule is Cc1ccc(N[C@@H](C)C(=O)Nc2ccc(Cl)cc2)cc1C. The largest absolute Gasteiger partial charge is 0.374 e. The van der Waals surface area contributed by atoms with Gasteiger partial charge in [0.15, 0.2) is 0 Å². The summed E-state index contributed by atoms with van der Waals surface area (Å²) >= 11 is 5.82. The van der Waals surface area contributed by atoms with Crippen LogP contribution in [0.1, 0.15) is 18.1 Å². The van der Waals surface area contributed by atoms with Crippen LogP contribution >= 0.6 is 11.6 Å². The van der Waals surface area contributed by atoms with E-state index in [1.165, 1.54) is 11.1 Å². The molecular formula is C17H19ClN2O. The Hall–Kier alpha value is -2.00. The van der Waals surface area contributed by atoms with Crippen LogP contribution in [-0.2, 0) is 4.79 Å². The molecule has 0 fully saturated rings. The molecule has 2 aromatic rings. The third-order valence-electron chi connectivity index (χ3n) is 3.40. The van der Waals surface area contributed by atoms with Crippen LogP contribution < -0.4 is 10.6 Å². The number of anilines is 2. The second-order valence-corrected chi connectivity index (χ2v) is 5.60. The molecule has 0 bridgehead atoms. The average molecular weight is 303 g/mol. The van der Waals surface area contributed by atoms with E-state index in [0.717, 1.165) is 11.4 Å².